The molecular weight excluding hydrogens is 843 g/mol. The molecule has 0 bridgehead atoms. The first kappa shape index (κ1) is 41.8. The maximum Gasteiger partial charge on any atom is 0.255 e. The maximum atomic E-state index is 15.5. The average molecular weight is 891 g/mol. The predicted molar refractivity (Wildman–Crippen MR) is 238 cm³/mol. The van der Waals surface area contributed by atoms with E-state index in [0.29, 0.717) is 47.3 Å². The molecule has 3 aromatic carbocycles. The Labute approximate surface area is 369 Å². The molecular formula is C47H48F2N8O6S. The lowest BCUT2D eigenvalue weighted by Gasteiger charge is -2.61. The monoisotopic (exact) mass is 890 g/mol. The number of sulfonamides is 1. The summed E-state index contributed by atoms with van der Waals surface area (Å²) >= 11 is 0. The van der Waals surface area contributed by atoms with Gasteiger partial charge in [-0.1, -0.05) is 19.1 Å². The summed E-state index contributed by atoms with van der Waals surface area (Å²) in [5, 5.41) is 2.75. The third-order valence-electron chi connectivity index (χ3n) is 13.6. The molecule has 5 aliphatic rings. The van der Waals surface area contributed by atoms with Crippen LogP contribution in [0.4, 0.5) is 25.8 Å². The van der Waals surface area contributed by atoms with E-state index in [9.17, 15) is 32.0 Å². The summed E-state index contributed by atoms with van der Waals surface area (Å²) in [6, 6.07) is 17.1. The minimum atomic E-state index is -3.89. The molecule has 0 radical (unpaired) electrons. The quantitative estimate of drug-likeness (QED) is 0.105. The highest BCUT2D eigenvalue weighted by atomic mass is 32.2. The largest absolute Gasteiger partial charge is 0.372 e. The molecule has 5 aromatic rings. The Balaban J connectivity index is 0.712. The summed E-state index contributed by atoms with van der Waals surface area (Å²) in [7, 11) is -3.89. The number of hydrogen-bond acceptors (Lipinski definition) is 10. The zero-order valence-electron chi connectivity index (χ0n) is 35.3. The number of piperidine rings is 2. The topological polar surface area (TPSA) is 168 Å². The molecule has 4 fully saturated rings. The molecule has 64 heavy (non-hydrogen) atoms. The van der Waals surface area contributed by atoms with Crippen molar-refractivity contribution in [3.8, 4) is 11.1 Å². The van der Waals surface area contributed by atoms with Gasteiger partial charge in [-0.2, -0.15) is 0 Å². The van der Waals surface area contributed by atoms with Gasteiger partial charge in [0.25, 0.3) is 5.91 Å². The van der Waals surface area contributed by atoms with Crippen LogP contribution in [0, 0.1) is 23.0 Å². The number of anilines is 3. The number of carbonyl (C=O) groups excluding carboxylic acids is 4. The number of ketones is 1. The predicted octanol–water partition coefficient (Wildman–Crippen LogP) is 5.69. The van der Waals surface area contributed by atoms with Crippen LogP contribution in [0.15, 0.2) is 73.1 Å². The highest BCUT2D eigenvalue weighted by molar-refractivity contribution is 7.92. The standard InChI is InChI=1S/C47H48F2N8O6S/c1-2-17-64(62,63)53-38-10-9-37(48)41(42(38)49)43(59)36-21-51-44-35(36)19-30(20-50-44)29-3-5-32(6-4-29)55-15-13-28(14-16-55)22-54-24-47(25-54)26-56(27-47)33-7-8-34-31(18-33)23-57(46(34)61)39-11-12-40(58)52-45(39)60/h3-10,18-21,28,39,53H,2,11-17,22-27H2,1H3,(H,50,51)(H,52,58,60)/t39-/m0/s1. The molecule has 4 saturated heterocycles. The van der Waals surface area contributed by atoms with E-state index in [1.165, 1.54) is 6.20 Å². The van der Waals surface area contributed by atoms with E-state index in [1.54, 1.807) is 24.1 Å². The van der Waals surface area contributed by atoms with E-state index in [0.717, 1.165) is 98.9 Å². The van der Waals surface area contributed by atoms with Crippen molar-refractivity contribution in [3.05, 3.63) is 107 Å². The number of aromatic amines is 1. The van der Waals surface area contributed by atoms with E-state index in [1.807, 2.05) is 24.3 Å². The lowest BCUT2D eigenvalue weighted by molar-refractivity contribution is -0.136. The normalized spacial score (nSPS) is 20.1. The van der Waals surface area contributed by atoms with Crippen LogP contribution >= 0.6 is 0 Å². The van der Waals surface area contributed by atoms with E-state index in [4.69, 9.17) is 0 Å². The lowest BCUT2D eigenvalue weighted by atomic mass is 9.72. The molecule has 0 aliphatic carbocycles. The fourth-order valence-electron chi connectivity index (χ4n) is 10.3. The van der Waals surface area contributed by atoms with Crippen molar-refractivity contribution in [2.45, 2.75) is 51.6 Å². The van der Waals surface area contributed by atoms with Gasteiger partial charge >= 0.3 is 0 Å². The van der Waals surface area contributed by atoms with Gasteiger partial charge in [0, 0.05) is 110 Å². The molecule has 0 saturated carbocycles. The number of H-pyrrole nitrogens is 1. The average Bonchev–Trinajstić information content (AvgIpc) is 3.82. The van der Waals surface area contributed by atoms with Gasteiger partial charge in [-0.05, 0) is 91.3 Å². The second-order valence-electron chi connectivity index (χ2n) is 18.1. The van der Waals surface area contributed by atoms with Crippen molar-refractivity contribution in [2.75, 3.05) is 66.1 Å². The van der Waals surface area contributed by atoms with Gasteiger partial charge in [0.05, 0.1) is 17.0 Å². The van der Waals surface area contributed by atoms with Crippen molar-refractivity contribution in [2.24, 2.45) is 11.3 Å². The Morgan fingerprint density at radius 2 is 1.66 bits per heavy atom. The zero-order chi connectivity index (χ0) is 44.5. The van der Waals surface area contributed by atoms with E-state index in [-0.39, 0.29) is 29.6 Å². The fraction of sp³-hybridized carbons (Fsp3) is 0.383. The molecule has 3 amide bonds. The molecule has 3 N–H and O–H groups in total. The number of pyridine rings is 1. The second-order valence-corrected chi connectivity index (χ2v) is 19.9. The van der Waals surface area contributed by atoms with Crippen molar-refractivity contribution in [1.29, 1.82) is 0 Å². The molecule has 5 aliphatic heterocycles. The van der Waals surface area contributed by atoms with Gasteiger partial charge in [-0.3, -0.25) is 29.2 Å². The molecule has 1 atom stereocenters. The van der Waals surface area contributed by atoms with Gasteiger partial charge in [-0.15, -0.1) is 0 Å². The molecule has 0 unspecified atom stereocenters. The Kier molecular flexibility index (Phi) is 10.5. The summed E-state index contributed by atoms with van der Waals surface area (Å²) in [4.78, 5) is 67.2. The van der Waals surface area contributed by atoms with Crippen molar-refractivity contribution >= 4 is 61.6 Å². The number of nitrogens with zero attached hydrogens (tertiary/aromatic N) is 5. The number of amides is 3. The zero-order valence-corrected chi connectivity index (χ0v) is 36.1. The van der Waals surface area contributed by atoms with Crippen LogP contribution in [-0.4, -0.2) is 109 Å². The van der Waals surface area contributed by atoms with Gasteiger partial charge in [0.2, 0.25) is 27.6 Å². The van der Waals surface area contributed by atoms with Crippen LogP contribution in [-0.2, 0) is 26.2 Å². The maximum absolute atomic E-state index is 15.5. The first-order chi connectivity index (χ1) is 30.8. The molecule has 7 heterocycles. The number of benzene rings is 3. The second kappa shape index (κ2) is 16.1. The summed E-state index contributed by atoms with van der Waals surface area (Å²) in [6.07, 6.45) is 6.11. The number of imide groups is 1. The highest BCUT2D eigenvalue weighted by Gasteiger charge is 2.52. The molecule has 17 heteroatoms. The minimum Gasteiger partial charge on any atom is -0.372 e. The van der Waals surface area contributed by atoms with Crippen LogP contribution in [0.3, 0.4) is 0 Å². The summed E-state index contributed by atoms with van der Waals surface area (Å²) in [6.45, 7) is 9.17. The number of hydrogen-bond donors (Lipinski definition) is 3. The number of carbonyl (C=O) groups is 4. The summed E-state index contributed by atoms with van der Waals surface area (Å²) in [5.74, 6) is -3.79. The Bertz CT molecular complexity index is 2830. The third-order valence-corrected chi connectivity index (χ3v) is 15.0. The van der Waals surface area contributed by atoms with Crippen molar-refractivity contribution in [1.82, 2.24) is 25.1 Å². The molecule has 14 nitrogen and oxygen atoms in total. The van der Waals surface area contributed by atoms with Gasteiger partial charge in [0.15, 0.2) is 5.82 Å². The summed E-state index contributed by atoms with van der Waals surface area (Å²) in [5.41, 5.74) is 4.70. The SMILES string of the molecule is CCCS(=O)(=O)Nc1ccc(F)c(C(=O)c2c[nH]c3ncc(-c4ccc(N5CCC(CN6CC7(C6)CN(c6ccc8c(c6)CN([C@H]6CCC(=O)NC6=O)C8=O)C7)CC5)cc4)cc23)c1F. The lowest BCUT2D eigenvalue weighted by Crippen LogP contribution is -2.72. The molecule has 332 valence electrons. The van der Waals surface area contributed by atoms with E-state index >= 15 is 4.39 Å². The Morgan fingerprint density at radius 3 is 2.39 bits per heavy atom. The van der Waals surface area contributed by atoms with Crippen LogP contribution in [0.25, 0.3) is 22.2 Å². The number of aromatic nitrogens is 2. The van der Waals surface area contributed by atoms with Crippen molar-refractivity contribution in [3.63, 3.8) is 0 Å². The number of nitrogens with one attached hydrogen (secondary N) is 3. The van der Waals surface area contributed by atoms with Gasteiger partial charge in [0.1, 0.15) is 17.5 Å². The highest BCUT2D eigenvalue weighted by Crippen LogP contribution is 2.44. The number of halogens is 2. The Morgan fingerprint density at radius 1 is 0.906 bits per heavy atom. The van der Waals surface area contributed by atoms with Crippen LogP contribution in [0.2, 0.25) is 0 Å². The Hall–Kier alpha value is -6.20. The first-order valence-electron chi connectivity index (χ1n) is 21.9. The van der Waals surface area contributed by atoms with Crippen molar-refractivity contribution < 1.29 is 36.4 Å². The first-order valence-corrected chi connectivity index (χ1v) is 23.5. The number of likely N-dealkylation sites (tertiary alicyclic amines) is 1. The van der Waals surface area contributed by atoms with Crippen LogP contribution in [0.5, 0.6) is 0 Å². The smallest absolute Gasteiger partial charge is 0.255 e. The third kappa shape index (κ3) is 7.67. The van der Waals surface area contributed by atoms with Crippen LogP contribution < -0.4 is 19.8 Å². The number of rotatable bonds is 12. The van der Waals surface area contributed by atoms with E-state index < -0.39 is 50.6 Å². The van der Waals surface area contributed by atoms with Gasteiger partial charge < -0.3 is 24.6 Å². The number of fused-ring (bicyclic) bond motifs is 2. The summed E-state index contributed by atoms with van der Waals surface area (Å²) < 4.78 is 57.3. The minimum absolute atomic E-state index is 0.00989. The van der Waals surface area contributed by atoms with E-state index in [2.05, 4.69) is 52.9 Å². The van der Waals surface area contributed by atoms with Crippen LogP contribution in [0.1, 0.15) is 70.9 Å². The molecule has 2 aromatic heterocycles. The molecule has 1 spiro atoms. The molecule has 10 rings (SSSR count). The van der Waals surface area contributed by atoms with Gasteiger partial charge in [-0.25, -0.2) is 22.2 Å². The fourth-order valence-corrected chi connectivity index (χ4v) is 11.5.